The van der Waals surface area contributed by atoms with Gasteiger partial charge in [-0.3, -0.25) is 14.4 Å². The first-order chi connectivity index (χ1) is 11.0. The van der Waals surface area contributed by atoms with E-state index in [-0.39, 0.29) is 24.3 Å². The van der Waals surface area contributed by atoms with E-state index in [1.165, 1.54) is 0 Å². The maximum atomic E-state index is 12.0. The number of carbonyl (C=O) groups excluding carboxylic acids is 3. The smallest absolute Gasteiger partial charge is 0.243 e. The molecule has 2 heterocycles. The lowest BCUT2D eigenvalue weighted by Gasteiger charge is -2.18. The van der Waals surface area contributed by atoms with Crippen molar-refractivity contribution in [3.63, 3.8) is 0 Å². The molecule has 0 aromatic heterocycles. The van der Waals surface area contributed by atoms with Gasteiger partial charge in [0.05, 0.1) is 17.3 Å². The minimum Gasteiger partial charge on any atom is -0.333 e. The predicted octanol–water partition coefficient (Wildman–Crippen LogP) is 2.03. The zero-order valence-corrected chi connectivity index (χ0v) is 13.4. The summed E-state index contributed by atoms with van der Waals surface area (Å²) in [5.74, 6) is -0.168. The van der Waals surface area contributed by atoms with E-state index in [0.29, 0.717) is 42.3 Å². The van der Waals surface area contributed by atoms with Gasteiger partial charge in [0.1, 0.15) is 0 Å². The Balaban J connectivity index is 1.64. The zero-order valence-electron chi connectivity index (χ0n) is 12.7. The number of halogens is 1. The minimum absolute atomic E-state index is 0.0149. The van der Waals surface area contributed by atoms with Crippen LogP contribution in [0.25, 0.3) is 0 Å². The van der Waals surface area contributed by atoms with Crippen LogP contribution in [0.15, 0.2) is 18.2 Å². The Morgan fingerprint density at radius 2 is 1.87 bits per heavy atom. The molecule has 3 rings (SSSR count). The number of rotatable bonds is 4. The summed E-state index contributed by atoms with van der Waals surface area (Å²) in [5, 5.41) is 3.16. The summed E-state index contributed by atoms with van der Waals surface area (Å²) in [7, 11) is 0. The molecule has 7 heteroatoms. The van der Waals surface area contributed by atoms with Crippen molar-refractivity contribution in [2.75, 3.05) is 29.9 Å². The summed E-state index contributed by atoms with van der Waals surface area (Å²) in [4.78, 5) is 38.5. The molecule has 0 saturated carbocycles. The fourth-order valence-electron chi connectivity index (χ4n) is 2.95. The Kier molecular flexibility index (Phi) is 4.52. The van der Waals surface area contributed by atoms with Gasteiger partial charge in [-0.25, -0.2) is 0 Å². The Bertz CT molecular complexity index is 662. The van der Waals surface area contributed by atoms with Crippen LogP contribution in [0.1, 0.15) is 25.7 Å². The number of benzene rings is 1. The topological polar surface area (TPSA) is 69.7 Å². The van der Waals surface area contributed by atoms with Gasteiger partial charge in [-0.2, -0.15) is 0 Å². The fraction of sp³-hybridized carbons (Fsp3) is 0.438. The van der Waals surface area contributed by atoms with E-state index in [0.717, 1.165) is 12.8 Å². The largest absolute Gasteiger partial charge is 0.333 e. The van der Waals surface area contributed by atoms with Crippen molar-refractivity contribution in [1.82, 2.24) is 4.90 Å². The van der Waals surface area contributed by atoms with E-state index in [9.17, 15) is 14.4 Å². The van der Waals surface area contributed by atoms with Crippen LogP contribution in [0, 0.1) is 0 Å². The lowest BCUT2D eigenvalue weighted by molar-refractivity contribution is -0.131. The van der Waals surface area contributed by atoms with Crippen molar-refractivity contribution in [1.29, 1.82) is 0 Å². The summed E-state index contributed by atoms with van der Waals surface area (Å²) in [6.07, 6.45) is 2.68. The van der Waals surface area contributed by atoms with Crippen LogP contribution in [0.4, 0.5) is 11.4 Å². The normalized spacial score (nSPS) is 18.0. The van der Waals surface area contributed by atoms with Crippen molar-refractivity contribution < 1.29 is 14.4 Å². The lowest BCUT2D eigenvalue weighted by Crippen LogP contribution is -2.34. The van der Waals surface area contributed by atoms with E-state index in [1.807, 2.05) is 0 Å². The van der Waals surface area contributed by atoms with Crippen molar-refractivity contribution in [2.45, 2.75) is 25.7 Å². The second-order valence-electron chi connectivity index (χ2n) is 5.78. The van der Waals surface area contributed by atoms with Crippen LogP contribution in [-0.2, 0) is 14.4 Å². The molecule has 0 atom stereocenters. The molecule has 1 N–H and O–H groups in total. The highest BCUT2D eigenvalue weighted by Crippen LogP contribution is 2.31. The summed E-state index contributed by atoms with van der Waals surface area (Å²) in [6, 6.07) is 5.09. The third-order valence-corrected chi connectivity index (χ3v) is 4.40. The minimum atomic E-state index is -0.249. The molecule has 2 saturated heterocycles. The van der Waals surface area contributed by atoms with Gasteiger partial charge in [0.2, 0.25) is 17.7 Å². The molecular formula is C16H18ClN3O3. The Morgan fingerprint density at radius 3 is 2.48 bits per heavy atom. The molecule has 23 heavy (non-hydrogen) atoms. The second kappa shape index (κ2) is 6.58. The number of carbonyl (C=O) groups is 3. The molecule has 0 spiro atoms. The van der Waals surface area contributed by atoms with E-state index >= 15 is 0 Å². The molecule has 0 aliphatic carbocycles. The van der Waals surface area contributed by atoms with E-state index < -0.39 is 0 Å². The fourth-order valence-corrected chi connectivity index (χ4v) is 3.23. The third-order valence-electron chi connectivity index (χ3n) is 4.10. The maximum absolute atomic E-state index is 12.0. The van der Waals surface area contributed by atoms with Gasteiger partial charge in [0, 0.05) is 31.6 Å². The number of nitrogens with one attached hydrogen (secondary N) is 1. The highest BCUT2D eigenvalue weighted by Gasteiger charge is 2.24. The van der Waals surface area contributed by atoms with Crippen molar-refractivity contribution in [3.05, 3.63) is 23.2 Å². The Morgan fingerprint density at radius 1 is 1.13 bits per heavy atom. The predicted molar refractivity (Wildman–Crippen MR) is 87.5 cm³/mol. The van der Waals surface area contributed by atoms with Gasteiger partial charge in [-0.05, 0) is 31.0 Å². The van der Waals surface area contributed by atoms with Crippen molar-refractivity contribution >= 4 is 40.7 Å². The number of hydrogen-bond acceptors (Lipinski definition) is 3. The standard InChI is InChI=1S/C16H18ClN3O3/c17-12-9-11(5-6-13(12)20-8-2-4-16(20)23)18-14(21)10-19-7-1-3-15(19)22/h5-6,9H,1-4,7-8,10H2,(H,18,21). The van der Waals surface area contributed by atoms with Crippen LogP contribution in [0.2, 0.25) is 5.02 Å². The van der Waals surface area contributed by atoms with Crippen LogP contribution >= 0.6 is 11.6 Å². The summed E-state index contributed by atoms with van der Waals surface area (Å²) >= 11 is 6.24. The first-order valence-electron chi connectivity index (χ1n) is 7.72. The number of hydrogen-bond donors (Lipinski definition) is 1. The number of likely N-dealkylation sites (tertiary alicyclic amines) is 1. The highest BCUT2D eigenvalue weighted by molar-refractivity contribution is 6.34. The van der Waals surface area contributed by atoms with Crippen LogP contribution in [-0.4, -0.2) is 42.3 Å². The highest BCUT2D eigenvalue weighted by atomic mass is 35.5. The average Bonchev–Trinajstić information content (AvgIpc) is 3.09. The van der Waals surface area contributed by atoms with E-state index in [4.69, 9.17) is 11.6 Å². The summed E-state index contributed by atoms with van der Waals surface area (Å²) < 4.78 is 0. The average molecular weight is 336 g/mol. The molecule has 1 aromatic rings. The molecule has 2 aliphatic heterocycles. The number of anilines is 2. The van der Waals surface area contributed by atoms with Gasteiger partial charge < -0.3 is 15.1 Å². The molecule has 3 amide bonds. The summed E-state index contributed by atoms with van der Waals surface area (Å²) in [5.41, 5.74) is 1.23. The van der Waals surface area contributed by atoms with Crippen LogP contribution in [0.5, 0.6) is 0 Å². The first kappa shape index (κ1) is 15.8. The molecule has 2 aliphatic rings. The number of nitrogens with zero attached hydrogens (tertiary/aromatic N) is 2. The van der Waals surface area contributed by atoms with E-state index in [2.05, 4.69) is 5.32 Å². The monoisotopic (exact) mass is 335 g/mol. The third kappa shape index (κ3) is 3.47. The molecule has 2 fully saturated rings. The summed E-state index contributed by atoms with van der Waals surface area (Å²) in [6.45, 7) is 1.35. The van der Waals surface area contributed by atoms with Crippen molar-refractivity contribution in [2.24, 2.45) is 0 Å². The molecule has 0 bridgehead atoms. The molecular weight excluding hydrogens is 318 g/mol. The van der Waals surface area contributed by atoms with Crippen LogP contribution in [0.3, 0.4) is 0 Å². The zero-order chi connectivity index (χ0) is 16.4. The quantitative estimate of drug-likeness (QED) is 0.915. The van der Waals surface area contributed by atoms with Gasteiger partial charge in [0.25, 0.3) is 0 Å². The van der Waals surface area contributed by atoms with E-state index in [1.54, 1.807) is 28.0 Å². The number of amides is 3. The molecule has 6 nitrogen and oxygen atoms in total. The molecule has 0 radical (unpaired) electrons. The SMILES string of the molecule is O=C(CN1CCCC1=O)Nc1ccc(N2CCCC2=O)c(Cl)c1. The molecule has 0 unspecified atom stereocenters. The van der Waals surface area contributed by atoms with Gasteiger partial charge in [0.15, 0.2) is 0 Å². The maximum Gasteiger partial charge on any atom is 0.243 e. The van der Waals surface area contributed by atoms with Gasteiger partial charge >= 0.3 is 0 Å². The Labute approximate surface area is 139 Å². The lowest BCUT2D eigenvalue weighted by atomic mass is 10.2. The van der Waals surface area contributed by atoms with Gasteiger partial charge in [-0.15, -0.1) is 0 Å². The van der Waals surface area contributed by atoms with Gasteiger partial charge in [-0.1, -0.05) is 11.6 Å². The molecule has 1 aromatic carbocycles. The molecule has 122 valence electrons. The first-order valence-corrected chi connectivity index (χ1v) is 8.10. The van der Waals surface area contributed by atoms with Crippen molar-refractivity contribution in [3.8, 4) is 0 Å². The second-order valence-corrected chi connectivity index (χ2v) is 6.19. The Hall–Kier alpha value is -2.08. The van der Waals surface area contributed by atoms with Crippen LogP contribution < -0.4 is 10.2 Å².